The third-order valence-electron chi connectivity index (χ3n) is 3.05. The van der Waals surface area contributed by atoms with Gasteiger partial charge in [-0.1, -0.05) is 6.07 Å². The topological polar surface area (TPSA) is 129 Å². The number of rotatable bonds is 2. The quantitative estimate of drug-likeness (QED) is 0.552. The molecule has 0 amide bonds. The molecule has 1 aromatic rings. The second-order valence-corrected chi connectivity index (χ2v) is 6.50. The monoisotopic (exact) mass is 315 g/mol. The van der Waals surface area contributed by atoms with E-state index in [1.807, 2.05) is 6.07 Å². The third-order valence-corrected chi connectivity index (χ3v) is 3.05. The Balaban J connectivity index is 0.000000282. The minimum Gasteiger partial charge on any atom is -0.454 e. The van der Waals surface area contributed by atoms with Gasteiger partial charge >= 0.3 is 0 Å². The first-order valence-corrected chi connectivity index (χ1v) is 8.60. The molecule has 0 radical (unpaired) electrons. The molecule has 0 aliphatic carbocycles. The van der Waals surface area contributed by atoms with Crippen LogP contribution in [0.15, 0.2) is 18.2 Å². The smallest absolute Gasteiger partial charge is 0.271 e. The molecule has 0 atom stereocenters. The molecular formula is C12H22N5O3P. The Morgan fingerprint density at radius 3 is 2.43 bits per heavy atom. The molecule has 2 aliphatic heterocycles. The highest BCUT2D eigenvalue weighted by Gasteiger charge is 2.15. The maximum absolute atomic E-state index is 9.55. The summed E-state index contributed by atoms with van der Waals surface area (Å²) in [6, 6.07) is 6.21. The van der Waals surface area contributed by atoms with Crippen LogP contribution in [-0.4, -0.2) is 37.9 Å². The normalized spacial score (nSPS) is 18.0. The second kappa shape index (κ2) is 7.22. The Morgan fingerprint density at radius 1 is 1.14 bits per heavy atom. The Labute approximate surface area is 124 Å². The van der Waals surface area contributed by atoms with E-state index in [1.165, 1.54) is 5.56 Å². The van der Waals surface area contributed by atoms with Crippen LogP contribution < -0.4 is 31.3 Å². The second-order valence-electron chi connectivity index (χ2n) is 4.98. The molecule has 1 fully saturated rings. The van der Waals surface area contributed by atoms with Crippen molar-refractivity contribution in [1.82, 2.24) is 10.2 Å². The predicted octanol–water partition coefficient (Wildman–Crippen LogP) is -0.209. The molecule has 2 aliphatic rings. The zero-order valence-corrected chi connectivity index (χ0v) is 12.7. The van der Waals surface area contributed by atoms with Gasteiger partial charge in [0.2, 0.25) is 6.79 Å². The Kier molecular flexibility index (Phi) is 5.58. The number of fused-ring (bicyclic) bond motifs is 1. The first-order chi connectivity index (χ1) is 9.92. The van der Waals surface area contributed by atoms with Crippen LogP contribution in [0.3, 0.4) is 0 Å². The fourth-order valence-electron chi connectivity index (χ4n) is 2.17. The Bertz CT molecular complexity index is 507. The minimum atomic E-state index is -3.14. The van der Waals surface area contributed by atoms with E-state index in [0.29, 0.717) is 6.79 Å². The average molecular weight is 315 g/mol. The molecule has 1 saturated heterocycles. The Hall–Kier alpha value is -1.15. The van der Waals surface area contributed by atoms with Crippen molar-refractivity contribution in [3.63, 3.8) is 0 Å². The number of ether oxygens (including phenoxy) is 2. The van der Waals surface area contributed by atoms with Gasteiger partial charge < -0.3 is 14.8 Å². The summed E-state index contributed by atoms with van der Waals surface area (Å²) in [6.07, 6.45) is 0. The van der Waals surface area contributed by atoms with Gasteiger partial charge in [-0.05, 0) is 17.7 Å². The highest BCUT2D eigenvalue weighted by molar-refractivity contribution is 7.56. The highest BCUT2D eigenvalue weighted by atomic mass is 31.2. The van der Waals surface area contributed by atoms with Crippen LogP contribution >= 0.6 is 7.59 Å². The molecule has 8 nitrogen and oxygen atoms in total. The van der Waals surface area contributed by atoms with Crippen molar-refractivity contribution < 1.29 is 14.0 Å². The molecule has 9 heteroatoms. The average Bonchev–Trinajstić information content (AvgIpc) is 2.85. The van der Waals surface area contributed by atoms with E-state index in [-0.39, 0.29) is 0 Å². The van der Waals surface area contributed by atoms with Crippen LogP contribution in [0.2, 0.25) is 0 Å². The van der Waals surface area contributed by atoms with Crippen LogP contribution in [0.1, 0.15) is 5.56 Å². The molecule has 0 unspecified atom stereocenters. The summed E-state index contributed by atoms with van der Waals surface area (Å²) in [4.78, 5) is 2.45. The summed E-state index contributed by atoms with van der Waals surface area (Å²) >= 11 is 0. The number of hydrogen-bond donors (Lipinski definition) is 4. The lowest BCUT2D eigenvalue weighted by Gasteiger charge is -2.27. The fourth-order valence-corrected chi connectivity index (χ4v) is 2.17. The summed E-state index contributed by atoms with van der Waals surface area (Å²) < 4.78 is 20.2. The van der Waals surface area contributed by atoms with Gasteiger partial charge in [0.25, 0.3) is 7.59 Å². The van der Waals surface area contributed by atoms with Crippen molar-refractivity contribution in [2.24, 2.45) is 16.5 Å². The van der Waals surface area contributed by atoms with Crippen molar-refractivity contribution in [3.05, 3.63) is 23.8 Å². The van der Waals surface area contributed by atoms with Crippen LogP contribution in [0, 0.1) is 0 Å². The fraction of sp³-hybridized carbons (Fsp3) is 0.500. The van der Waals surface area contributed by atoms with E-state index >= 15 is 0 Å². The van der Waals surface area contributed by atoms with E-state index < -0.39 is 7.59 Å². The molecule has 0 bridgehead atoms. The lowest BCUT2D eigenvalue weighted by molar-refractivity contribution is 0.174. The first kappa shape index (κ1) is 16.2. The zero-order valence-electron chi connectivity index (χ0n) is 11.8. The number of nitrogens with zero attached hydrogens (tertiary/aromatic N) is 1. The summed E-state index contributed by atoms with van der Waals surface area (Å²) in [5.74, 6) is 1.75. The standard InChI is InChI=1S/C12H16N2O2.H6N3OP/c1-2-11-12(16-9-15-11)7-10(1)8-14-5-3-13-4-6-14;1-5(2,3)4/h1-2,7,13H,3-6,8-9H2;(H6,1,2,3,4). The van der Waals surface area contributed by atoms with E-state index in [0.717, 1.165) is 44.2 Å². The van der Waals surface area contributed by atoms with Crippen molar-refractivity contribution in [3.8, 4) is 11.5 Å². The highest BCUT2D eigenvalue weighted by Crippen LogP contribution is 2.32. The zero-order chi connectivity index (χ0) is 15.3. The van der Waals surface area contributed by atoms with Crippen LogP contribution in [0.4, 0.5) is 0 Å². The van der Waals surface area contributed by atoms with E-state index in [9.17, 15) is 4.57 Å². The summed E-state index contributed by atoms with van der Waals surface area (Å²) in [7, 11) is -3.14. The third kappa shape index (κ3) is 6.01. The number of nitrogens with two attached hydrogens (primary N) is 3. The van der Waals surface area contributed by atoms with Gasteiger partial charge in [0.15, 0.2) is 11.5 Å². The summed E-state index contributed by atoms with van der Waals surface area (Å²) in [5.41, 5.74) is 14.7. The van der Waals surface area contributed by atoms with Crippen LogP contribution in [-0.2, 0) is 11.1 Å². The number of nitrogens with one attached hydrogen (secondary N) is 1. The molecule has 118 valence electrons. The van der Waals surface area contributed by atoms with Gasteiger partial charge in [0.1, 0.15) is 0 Å². The van der Waals surface area contributed by atoms with Crippen molar-refractivity contribution >= 4 is 7.59 Å². The predicted molar refractivity (Wildman–Crippen MR) is 80.9 cm³/mol. The van der Waals surface area contributed by atoms with Gasteiger partial charge in [0, 0.05) is 32.7 Å². The number of benzene rings is 1. The molecule has 7 N–H and O–H groups in total. The minimum absolute atomic E-state index is 0.354. The van der Waals surface area contributed by atoms with Crippen molar-refractivity contribution in [2.45, 2.75) is 6.54 Å². The van der Waals surface area contributed by atoms with Crippen molar-refractivity contribution in [1.29, 1.82) is 0 Å². The van der Waals surface area contributed by atoms with Gasteiger partial charge in [-0.25, -0.2) is 0 Å². The lowest BCUT2D eigenvalue weighted by atomic mass is 10.2. The molecule has 0 aromatic heterocycles. The van der Waals surface area contributed by atoms with Gasteiger partial charge in [-0.3, -0.25) is 26.0 Å². The number of hydrogen-bond acceptors (Lipinski definition) is 5. The molecule has 21 heavy (non-hydrogen) atoms. The van der Waals surface area contributed by atoms with Gasteiger partial charge in [-0.2, -0.15) is 0 Å². The van der Waals surface area contributed by atoms with E-state index in [2.05, 4.69) is 38.9 Å². The lowest BCUT2D eigenvalue weighted by Crippen LogP contribution is -2.42. The summed E-state index contributed by atoms with van der Waals surface area (Å²) in [5, 5.41) is 3.36. The molecular weight excluding hydrogens is 293 g/mol. The molecule has 1 aromatic carbocycles. The largest absolute Gasteiger partial charge is 0.454 e. The first-order valence-electron chi connectivity index (χ1n) is 6.69. The van der Waals surface area contributed by atoms with Gasteiger partial charge in [0.05, 0.1) is 0 Å². The molecule has 0 spiro atoms. The van der Waals surface area contributed by atoms with E-state index in [1.54, 1.807) is 0 Å². The summed E-state index contributed by atoms with van der Waals surface area (Å²) in [6.45, 7) is 5.77. The maximum atomic E-state index is 9.55. The van der Waals surface area contributed by atoms with Gasteiger partial charge in [-0.15, -0.1) is 0 Å². The van der Waals surface area contributed by atoms with E-state index in [4.69, 9.17) is 9.47 Å². The molecule has 0 saturated carbocycles. The SMILES string of the molecule is NP(N)(N)=O.c1cc2c(cc1CN1CCNCC1)OCO2. The van der Waals surface area contributed by atoms with Crippen molar-refractivity contribution in [2.75, 3.05) is 33.0 Å². The molecule has 2 heterocycles. The maximum Gasteiger partial charge on any atom is 0.271 e. The van der Waals surface area contributed by atoms with Crippen LogP contribution in [0.25, 0.3) is 0 Å². The number of piperazine rings is 1. The van der Waals surface area contributed by atoms with Crippen LogP contribution in [0.5, 0.6) is 11.5 Å². The Morgan fingerprint density at radius 2 is 1.76 bits per heavy atom. The molecule has 3 rings (SSSR count).